The molecule has 4 heterocycles. The van der Waals surface area contributed by atoms with Crippen LogP contribution in [0, 0.1) is 0 Å². The third kappa shape index (κ3) is 3.28. The summed E-state index contributed by atoms with van der Waals surface area (Å²) in [5, 5.41) is 1.30. The Labute approximate surface area is 177 Å². The number of nitrogens with one attached hydrogen (secondary N) is 1. The van der Waals surface area contributed by atoms with E-state index in [0.29, 0.717) is 12.1 Å². The molecule has 5 nitrogen and oxygen atoms in total. The lowest BCUT2D eigenvalue weighted by Crippen LogP contribution is -2.53. The van der Waals surface area contributed by atoms with Crippen molar-refractivity contribution in [1.82, 2.24) is 14.8 Å². The first-order chi connectivity index (χ1) is 14.7. The van der Waals surface area contributed by atoms with Crippen LogP contribution in [0.2, 0.25) is 0 Å². The summed E-state index contributed by atoms with van der Waals surface area (Å²) in [7, 11) is 3.45. The van der Waals surface area contributed by atoms with Crippen molar-refractivity contribution in [3.05, 3.63) is 71.9 Å². The normalized spacial score (nSPS) is 21.4. The van der Waals surface area contributed by atoms with Crippen LogP contribution in [-0.2, 0) is 13.0 Å². The number of H-pyrrole nitrogens is 1. The van der Waals surface area contributed by atoms with Gasteiger partial charge in [0, 0.05) is 48.8 Å². The van der Waals surface area contributed by atoms with Gasteiger partial charge in [-0.15, -0.1) is 6.58 Å². The number of aromatic nitrogens is 1. The maximum atomic E-state index is 5.50. The fraction of sp³-hybridized carbons (Fsp3) is 0.360. The second-order valence-electron chi connectivity index (χ2n) is 8.32. The Morgan fingerprint density at radius 2 is 1.80 bits per heavy atom. The molecule has 5 heteroatoms. The quantitative estimate of drug-likeness (QED) is 0.628. The van der Waals surface area contributed by atoms with Crippen LogP contribution in [-0.4, -0.2) is 54.7 Å². The third-order valence-corrected chi connectivity index (χ3v) is 6.64. The smallest absolute Gasteiger partial charge is 0.119 e. The lowest BCUT2D eigenvalue weighted by atomic mass is 10.0. The van der Waals surface area contributed by atoms with Crippen LogP contribution in [0.3, 0.4) is 0 Å². The molecule has 1 N–H and O–H groups in total. The van der Waals surface area contributed by atoms with Gasteiger partial charge in [0.2, 0.25) is 0 Å². The molecule has 3 aliphatic rings. The molecule has 0 spiro atoms. The molecule has 1 aromatic heterocycles. The van der Waals surface area contributed by atoms with Crippen LogP contribution in [0.1, 0.15) is 22.9 Å². The van der Waals surface area contributed by atoms with Gasteiger partial charge >= 0.3 is 0 Å². The van der Waals surface area contributed by atoms with Crippen LogP contribution in [0.4, 0.5) is 0 Å². The minimum absolute atomic E-state index is 0.333. The van der Waals surface area contributed by atoms with Gasteiger partial charge in [-0.05, 0) is 47.9 Å². The van der Waals surface area contributed by atoms with E-state index in [1.54, 1.807) is 14.2 Å². The number of ether oxygens (including phenoxy) is 2. The van der Waals surface area contributed by atoms with Crippen molar-refractivity contribution in [3.8, 4) is 11.5 Å². The first-order valence-corrected chi connectivity index (χ1v) is 10.6. The molecule has 0 unspecified atom stereocenters. The van der Waals surface area contributed by atoms with E-state index in [0.717, 1.165) is 44.1 Å². The summed E-state index contributed by atoms with van der Waals surface area (Å²) in [6, 6.07) is 15.6. The van der Waals surface area contributed by atoms with Crippen LogP contribution in [0.5, 0.6) is 11.5 Å². The highest BCUT2D eigenvalue weighted by Gasteiger charge is 2.40. The van der Waals surface area contributed by atoms with Gasteiger partial charge in [0.25, 0.3) is 0 Å². The van der Waals surface area contributed by atoms with Crippen molar-refractivity contribution in [2.45, 2.75) is 25.0 Å². The number of rotatable bonds is 6. The molecule has 0 radical (unpaired) electrons. The second-order valence-corrected chi connectivity index (χ2v) is 8.32. The molecule has 2 atom stereocenters. The van der Waals surface area contributed by atoms with E-state index in [2.05, 4.69) is 57.8 Å². The highest BCUT2D eigenvalue weighted by atomic mass is 16.5. The molecule has 30 heavy (non-hydrogen) atoms. The number of hydrogen-bond acceptors (Lipinski definition) is 4. The number of benzene rings is 2. The molecule has 2 bridgehead atoms. The van der Waals surface area contributed by atoms with Gasteiger partial charge in [-0.25, -0.2) is 0 Å². The van der Waals surface area contributed by atoms with Crippen molar-refractivity contribution in [1.29, 1.82) is 0 Å². The number of aromatic amines is 1. The lowest BCUT2D eigenvalue weighted by Gasteiger charge is -2.43. The van der Waals surface area contributed by atoms with E-state index in [1.807, 2.05) is 12.1 Å². The van der Waals surface area contributed by atoms with Crippen LogP contribution < -0.4 is 9.47 Å². The monoisotopic (exact) mass is 403 g/mol. The van der Waals surface area contributed by atoms with Crippen molar-refractivity contribution in [2.75, 3.05) is 33.9 Å². The van der Waals surface area contributed by atoms with Gasteiger partial charge in [0.1, 0.15) is 11.5 Å². The first-order valence-electron chi connectivity index (χ1n) is 10.6. The SMILES string of the molecule is C=CCN1C[C@@H]2c3[nH]c4ccc(OC)cc4c3C[C@H]1CN2Cc1ccc(OC)cc1. The second kappa shape index (κ2) is 7.82. The highest BCUT2D eigenvalue weighted by Crippen LogP contribution is 2.40. The number of fused-ring (bicyclic) bond motifs is 3. The number of hydrogen-bond donors (Lipinski definition) is 1. The zero-order valence-electron chi connectivity index (χ0n) is 17.7. The van der Waals surface area contributed by atoms with Gasteiger partial charge in [-0.2, -0.15) is 0 Å². The Morgan fingerprint density at radius 1 is 1.03 bits per heavy atom. The first kappa shape index (κ1) is 19.2. The van der Waals surface area contributed by atoms with E-state index in [1.165, 1.54) is 27.7 Å². The van der Waals surface area contributed by atoms with Crippen molar-refractivity contribution >= 4 is 10.9 Å². The predicted molar refractivity (Wildman–Crippen MR) is 120 cm³/mol. The van der Waals surface area contributed by atoms with Crippen LogP contribution in [0.15, 0.2) is 55.1 Å². The fourth-order valence-electron chi connectivity index (χ4n) is 5.11. The van der Waals surface area contributed by atoms with Gasteiger partial charge < -0.3 is 14.5 Å². The zero-order chi connectivity index (χ0) is 20.7. The number of nitrogens with zero attached hydrogens (tertiary/aromatic N) is 2. The largest absolute Gasteiger partial charge is 0.497 e. The van der Waals surface area contributed by atoms with E-state index in [9.17, 15) is 0 Å². The van der Waals surface area contributed by atoms with E-state index < -0.39 is 0 Å². The van der Waals surface area contributed by atoms with E-state index in [-0.39, 0.29) is 0 Å². The van der Waals surface area contributed by atoms with Gasteiger partial charge in [0.05, 0.1) is 20.3 Å². The Bertz CT molecular complexity index is 1060. The molecular formula is C25H29N3O2. The zero-order valence-corrected chi connectivity index (χ0v) is 17.7. The summed E-state index contributed by atoms with van der Waals surface area (Å²) in [5.74, 6) is 1.82. The summed E-state index contributed by atoms with van der Waals surface area (Å²) in [5.41, 5.74) is 5.33. The number of methoxy groups -OCH3 is 2. The Kier molecular flexibility index (Phi) is 5.01. The molecular weight excluding hydrogens is 374 g/mol. The van der Waals surface area contributed by atoms with Crippen LogP contribution in [0.25, 0.3) is 10.9 Å². The highest BCUT2D eigenvalue weighted by molar-refractivity contribution is 5.86. The predicted octanol–water partition coefficient (Wildman–Crippen LogP) is 4.15. The Morgan fingerprint density at radius 3 is 2.53 bits per heavy atom. The van der Waals surface area contributed by atoms with Crippen molar-refractivity contribution in [2.24, 2.45) is 0 Å². The summed E-state index contributed by atoms with van der Waals surface area (Å²) < 4.78 is 10.8. The molecule has 156 valence electrons. The Hall–Kier alpha value is -2.76. The summed E-state index contributed by atoms with van der Waals surface area (Å²) in [6.07, 6.45) is 3.08. The standard InChI is InChI=1S/C25H29N3O2/c1-4-11-27-16-24-25-22(21-13-20(30-3)9-10-23(21)26-25)12-18(27)15-28(24)14-17-5-7-19(29-2)8-6-17/h4-10,13,18,24,26H,1,11-12,14-16H2,2-3H3/t18-,24+/m0/s1. The summed E-state index contributed by atoms with van der Waals surface area (Å²) in [4.78, 5) is 8.98. The summed E-state index contributed by atoms with van der Waals surface area (Å²) in [6.45, 7) is 7.93. The maximum Gasteiger partial charge on any atom is 0.119 e. The molecule has 1 fully saturated rings. The van der Waals surface area contributed by atoms with Gasteiger partial charge in [0.15, 0.2) is 0 Å². The molecule has 0 saturated carbocycles. The van der Waals surface area contributed by atoms with Crippen molar-refractivity contribution < 1.29 is 9.47 Å². The Balaban J connectivity index is 1.53. The average molecular weight is 404 g/mol. The minimum atomic E-state index is 0.333. The molecule has 0 aliphatic carbocycles. The molecule has 3 aliphatic heterocycles. The molecule has 3 aromatic rings. The molecule has 6 rings (SSSR count). The van der Waals surface area contributed by atoms with Crippen molar-refractivity contribution in [3.63, 3.8) is 0 Å². The topological polar surface area (TPSA) is 40.7 Å². The molecule has 0 amide bonds. The van der Waals surface area contributed by atoms with Gasteiger partial charge in [-0.1, -0.05) is 18.2 Å². The van der Waals surface area contributed by atoms with Gasteiger partial charge in [-0.3, -0.25) is 9.80 Å². The molecule has 2 aromatic carbocycles. The average Bonchev–Trinajstić information content (AvgIpc) is 2.98. The van der Waals surface area contributed by atoms with Crippen LogP contribution >= 0.6 is 0 Å². The minimum Gasteiger partial charge on any atom is -0.497 e. The fourth-order valence-corrected chi connectivity index (χ4v) is 5.11. The van der Waals surface area contributed by atoms with E-state index in [4.69, 9.17) is 9.47 Å². The van der Waals surface area contributed by atoms with E-state index >= 15 is 0 Å². The third-order valence-electron chi connectivity index (χ3n) is 6.64. The maximum absolute atomic E-state index is 5.50. The molecule has 1 saturated heterocycles. The lowest BCUT2D eigenvalue weighted by molar-refractivity contribution is 0.0365. The summed E-state index contributed by atoms with van der Waals surface area (Å²) >= 11 is 0. The number of piperazine rings is 1.